The lowest BCUT2D eigenvalue weighted by molar-refractivity contribution is -0.120. The van der Waals surface area contributed by atoms with Gasteiger partial charge in [-0.1, -0.05) is 47.0 Å². The molecule has 4 nitrogen and oxygen atoms in total. The number of hydrogen-bond acceptors (Lipinski definition) is 6. The molecule has 1 N–H and O–H groups in total. The molecule has 0 unspecified atom stereocenters. The van der Waals surface area contributed by atoms with Gasteiger partial charge in [0, 0.05) is 0 Å². The smallest absolute Gasteiger partial charge is 0.233 e. The lowest BCUT2D eigenvalue weighted by Crippen LogP contribution is -2.33. The van der Waals surface area contributed by atoms with Gasteiger partial charge in [0.05, 0.1) is 11.3 Å². The average Bonchev–Trinajstić information content (AvgIpc) is 2.95. The molecule has 0 spiro atoms. The molecule has 118 valence electrons. The number of hydrogen-bond donors (Lipinski definition) is 1. The Morgan fingerprint density at radius 2 is 1.86 bits per heavy atom. The van der Waals surface area contributed by atoms with Crippen LogP contribution >= 0.6 is 34.9 Å². The van der Waals surface area contributed by atoms with E-state index < -0.39 is 0 Å². The topological polar surface area (TPSA) is 54.9 Å². The Morgan fingerprint density at radius 3 is 2.45 bits per heavy atom. The Bertz CT molecular complexity index is 633. The van der Waals surface area contributed by atoms with Gasteiger partial charge in [0.2, 0.25) is 5.91 Å². The van der Waals surface area contributed by atoms with Gasteiger partial charge in [0.15, 0.2) is 8.68 Å². The maximum absolute atomic E-state index is 12.9. The van der Waals surface area contributed by atoms with Gasteiger partial charge in [0.1, 0.15) is 5.82 Å². The summed E-state index contributed by atoms with van der Waals surface area (Å²) in [5.41, 5.74) is 0.868. The maximum atomic E-state index is 12.9. The summed E-state index contributed by atoms with van der Waals surface area (Å²) >= 11 is 4.40. The number of thioether (sulfide) groups is 2. The Hall–Kier alpha value is -1.12. The van der Waals surface area contributed by atoms with Gasteiger partial charge < -0.3 is 5.32 Å². The van der Waals surface area contributed by atoms with Gasteiger partial charge in [-0.05, 0) is 37.8 Å². The van der Waals surface area contributed by atoms with E-state index in [1.54, 1.807) is 12.1 Å². The third-order valence-corrected chi connectivity index (χ3v) is 6.02. The number of nitrogens with zero attached hydrogens (tertiary/aromatic N) is 2. The summed E-state index contributed by atoms with van der Waals surface area (Å²) in [5, 5.41) is 10.7. The van der Waals surface area contributed by atoms with Gasteiger partial charge in [-0.25, -0.2) is 4.39 Å². The van der Waals surface area contributed by atoms with Gasteiger partial charge in [-0.15, -0.1) is 10.2 Å². The lowest BCUT2D eigenvalue weighted by atomic mass is 10.1. The molecule has 2 aromatic rings. The molecule has 0 saturated heterocycles. The van der Waals surface area contributed by atoms with Crippen LogP contribution in [0.15, 0.2) is 32.9 Å². The predicted octanol–water partition coefficient (Wildman–Crippen LogP) is 3.76. The van der Waals surface area contributed by atoms with E-state index >= 15 is 0 Å². The molecular formula is C14H16FN3OS3. The number of nitrogens with one attached hydrogen (secondary N) is 1. The maximum Gasteiger partial charge on any atom is 0.233 e. The predicted molar refractivity (Wildman–Crippen MR) is 90.0 cm³/mol. The molecule has 0 aliphatic rings. The Balaban J connectivity index is 1.91. The molecule has 8 heteroatoms. The van der Waals surface area contributed by atoms with Crippen molar-refractivity contribution in [2.45, 2.75) is 33.8 Å². The van der Waals surface area contributed by atoms with Crippen molar-refractivity contribution in [2.24, 2.45) is 0 Å². The molecule has 0 saturated carbocycles. The van der Waals surface area contributed by atoms with Crippen LogP contribution in [-0.2, 0) is 4.79 Å². The van der Waals surface area contributed by atoms with Gasteiger partial charge >= 0.3 is 0 Å². The minimum Gasteiger partial charge on any atom is -0.349 e. The normalized spacial score (nSPS) is 13.6. The standard InChI is InChI=1S/C14H16FN3OS3/c1-8(10-4-6-11(15)7-5-10)16-12(19)9(2)21-14-18-17-13(20-3)22-14/h4-9H,1-3H3,(H,16,19)/t8-,9+/m1/s1. The van der Waals surface area contributed by atoms with Crippen LogP contribution in [0.3, 0.4) is 0 Å². The van der Waals surface area contributed by atoms with E-state index in [4.69, 9.17) is 0 Å². The number of benzene rings is 1. The zero-order chi connectivity index (χ0) is 16.1. The molecule has 1 amide bonds. The second-order valence-electron chi connectivity index (χ2n) is 4.58. The molecular weight excluding hydrogens is 341 g/mol. The summed E-state index contributed by atoms with van der Waals surface area (Å²) in [6.45, 7) is 3.71. The first-order valence-corrected chi connectivity index (χ1v) is 9.51. The highest BCUT2D eigenvalue weighted by Crippen LogP contribution is 2.30. The Labute approximate surface area is 141 Å². The van der Waals surface area contributed by atoms with Crippen LogP contribution in [-0.4, -0.2) is 27.6 Å². The second-order valence-corrected chi connectivity index (χ2v) is 8.20. The number of halogens is 1. The number of carbonyl (C=O) groups is 1. The Morgan fingerprint density at radius 1 is 1.23 bits per heavy atom. The van der Waals surface area contributed by atoms with Crippen molar-refractivity contribution < 1.29 is 9.18 Å². The zero-order valence-electron chi connectivity index (χ0n) is 12.4. The van der Waals surface area contributed by atoms with E-state index in [-0.39, 0.29) is 23.0 Å². The summed E-state index contributed by atoms with van der Waals surface area (Å²) in [4.78, 5) is 12.2. The molecule has 22 heavy (non-hydrogen) atoms. The van der Waals surface area contributed by atoms with E-state index in [0.29, 0.717) is 0 Å². The minimum atomic E-state index is -0.285. The van der Waals surface area contributed by atoms with E-state index in [1.807, 2.05) is 20.1 Å². The molecule has 0 fully saturated rings. The zero-order valence-corrected chi connectivity index (χ0v) is 14.8. The fraction of sp³-hybridized carbons (Fsp3) is 0.357. The minimum absolute atomic E-state index is 0.0808. The van der Waals surface area contributed by atoms with Crippen LogP contribution < -0.4 is 5.32 Å². The monoisotopic (exact) mass is 357 g/mol. The molecule has 1 aromatic heterocycles. The molecule has 2 rings (SSSR count). The second kappa shape index (κ2) is 7.94. The van der Waals surface area contributed by atoms with Crippen LogP contribution in [0.25, 0.3) is 0 Å². The van der Waals surface area contributed by atoms with Gasteiger partial charge in [0.25, 0.3) is 0 Å². The van der Waals surface area contributed by atoms with Crippen molar-refractivity contribution in [1.29, 1.82) is 0 Å². The summed E-state index contributed by atoms with van der Waals surface area (Å²) in [6, 6.07) is 5.96. The van der Waals surface area contributed by atoms with E-state index in [0.717, 1.165) is 14.2 Å². The summed E-state index contributed by atoms with van der Waals surface area (Å²) in [5.74, 6) is -0.366. The van der Waals surface area contributed by atoms with Gasteiger partial charge in [-0.3, -0.25) is 4.79 Å². The summed E-state index contributed by atoms with van der Waals surface area (Å²) in [7, 11) is 0. The van der Waals surface area contributed by atoms with Crippen LogP contribution in [0.5, 0.6) is 0 Å². The van der Waals surface area contributed by atoms with E-state index in [1.165, 1.54) is 47.0 Å². The van der Waals surface area contributed by atoms with E-state index in [2.05, 4.69) is 15.5 Å². The summed E-state index contributed by atoms with van der Waals surface area (Å²) in [6.07, 6.45) is 1.94. The van der Waals surface area contributed by atoms with Crippen LogP contribution in [0.2, 0.25) is 0 Å². The Kier molecular flexibility index (Phi) is 6.22. The van der Waals surface area contributed by atoms with Crippen molar-refractivity contribution in [3.63, 3.8) is 0 Å². The number of rotatable bonds is 6. The van der Waals surface area contributed by atoms with Crippen molar-refractivity contribution >= 4 is 40.8 Å². The third kappa shape index (κ3) is 4.69. The molecule has 0 aliphatic heterocycles. The summed E-state index contributed by atoms with van der Waals surface area (Å²) < 4.78 is 14.6. The van der Waals surface area contributed by atoms with Crippen LogP contribution in [0.4, 0.5) is 4.39 Å². The SMILES string of the molecule is CSc1nnc(S[C@@H](C)C(=O)N[C@H](C)c2ccc(F)cc2)s1. The van der Waals surface area contributed by atoms with Crippen molar-refractivity contribution in [1.82, 2.24) is 15.5 Å². The highest BCUT2D eigenvalue weighted by atomic mass is 32.2. The van der Waals surface area contributed by atoms with Crippen LogP contribution in [0, 0.1) is 5.82 Å². The lowest BCUT2D eigenvalue weighted by Gasteiger charge is -2.17. The number of amides is 1. The van der Waals surface area contributed by atoms with Gasteiger partial charge in [-0.2, -0.15) is 0 Å². The first kappa shape index (κ1) is 17.2. The molecule has 0 bridgehead atoms. The van der Waals surface area contributed by atoms with Crippen molar-refractivity contribution in [3.8, 4) is 0 Å². The first-order valence-electron chi connectivity index (χ1n) is 6.59. The van der Waals surface area contributed by atoms with Crippen molar-refractivity contribution in [2.75, 3.05) is 6.26 Å². The van der Waals surface area contributed by atoms with Crippen molar-refractivity contribution in [3.05, 3.63) is 35.6 Å². The molecule has 1 heterocycles. The number of aromatic nitrogens is 2. The fourth-order valence-electron chi connectivity index (χ4n) is 1.70. The quantitative estimate of drug-likeness (QED) is 0.798. The largest absolute Gasteiger partial charge is 0.349 e. The van der Waals surface area contributed by atoms with Crippen LogP contribution in [0.1, 0.15) is 25.5 Å². The number of carbonyl (C=O) groups excluding carboxylic acids is 1. The molecule has 1 aromatic carbocycles. The highest BCUT2D eigenvalue weighted by molar-refractivity contribution is 8.03. The fourth-order valence-corrected chi connectivity index (χ4v) is 4.29. The molecule has 2 atom stereocenters. The third-order valence-electron chi connectivity index (χ3n) is 2.94. The molecule has 0 radical (unpaired) electrons. The molecule has 0 aliphatic carbocycles. The first-order chi connectivity index (χ1) is 10.5. The van der Waals surface area contributed by atoms with E-state index in [9.17, 15) is 9.18 Å². The average molecular weight is 358 g/mol. The highest BCUT2D eigenvalue weighted by Gasteiger charge is 2.19.